The summed E-state index contributed by atoms with van der Waals surface area (Å²) in [6.07, 6.45) is 1.91. The molecular formula is C14H18N2O2. The maximum absolute atomic E-state index is 5.53. The Balaban J connectivity index is 2.06. The van der Waals surface area contributed by atoms with Gasteiger partial charge in [0.05, 0.1) is 20.3 Å². The third kappa shape index (κ3) is 2.97. The molecule has 1 aromatic carbocycles. The Labute approximate surface area is 107 Å². The van der Waals surface area contributed by atoms with Crippen LogP contribution in [0.1, 0.15) is 12.6 Å². The van der Waals surface area contributed by atoms with E-state index in [1.54, 1.807) is 7.11 Å². The van der Waals surface area contributed by atoms with Gasteiger partial charge in [0.1, 0.15) is 0 Å². The van der Waals surface area contributed by atoms with Crippen LogP contribution in [0.3, 0.4) is 0 Å². The van der Waals surface area contributed by atoms with Crippen LogP contribution in [0.15, 0.2) is 36.5 Å². The van der Waals surface area contributed by atoms with Crippen LogP contribution in [0.5, 0.6) is 11.5 Å². The molecule has 2 rings (SSSR count). The average Bonchev–Trinajstić information content (AvgIpc) is 2.90. The van der Waals surface area contributed by atoms with E-state index in [0.717, 1.165) is 29.4 Å². The first kappa shape index (κ1) is 12.4. The van der Waals surface area contributed by atoms with E-state index < -0.39 is 0 Å². The number of methoxy groups -OCH3 is 1. The Morgan fingerprint density at radius 1 is 1.22 bits per heavy atom. The van der Waals surface area contributed by atoms with Gasteiger partial charge in [-0.25, -0.2) is 0 Å². The maximum Gasteiger partial charge on any atom is 0.163 e. The van der Waals surface area contributed by atoms with Crippen molar-refractivity contribution in [1.29, 1.82) is 0 Å². The van der Waals surface area contributed by atoms with Crippen molar-refractivity contribution in [2.75, 3.05) is 19.0 Å². The fraction of sp³-hybridized carbons (Fsp3) is 0.286. The Hall–Kier alpha value is -2.10. The van der Waals surface area contributed by atoms with Gasteiger partial charge < -0.3 is 19.8 Å². The molecule has 0 atom stereocenters. The predicted octanol–water partition coefficient (Wildman–Crippen LogP) is 3.03. The zero-order valence-electron chi connectivity index (χ0n) is 10.7. The van der Waals surface area contributed by atoms with Crippen molar-refractivity contribution in [2.45, 2.75) is 13.5 Å². The second-order valence-electron chi connectivity index (χ2n) is 3.85. The molecule has 0 aliphatic heterocycles. The Morgan fingerprint density at radius 2 is 2.11 bits per heavy atom. The Kier molecular flexibility index (Phi) is 4.12. The van der Waals surface area contributed by atoms with Crippen molar-refractivity contribution in [1.82, 2.24) is 4.98 Å². The van der Waals surface area contributed by atoms with Crippen molar-refractivity contribution in [3.05, 3.63) is 42.2 Å². The topological polar surface area (TPSA) is 46.3 Å². The van der Waals surface area contributed by atoms with Gasteiger partial charge in [-0.2, -0.15) is 0 Å². The second kappa shape index (κ2) is 6.00. The van der Waals surface area contributed by atoms with E-state index in [2.05, 4.69) is 10.3 Å². The molecule has 2 aromatic rings. The third-order valence-corrected chi connectivity index (χ3v) is 2.61. The van der Waals surface area contributed by atoms with Crippen molar-refractivity contribution in [3.63, 3.8) is 0 Å². The normalized spacial score (nSPS) is 10.1. The number of ether oxygens (including phenoxy) is 2. The summed E-state index contributed by atoms with van der Waals surface area (Å²) in [6.45, 7) is 3.33. The fourth-order valence-corrected chi connectivity index (χ4v) is 1.73. The van der Waals surface area contributed by atoms with Crippen molar-refractivity contribution in [3.8, 4) is 11.5 Å². The van der Waals surface area contributed by atoms with Gasteiger partial charge in [0.25, 0.3) is 0 Å². The molecule has 0 spiro atoms. The lowest BCUT2D eigenvalue weighted by atomic mass is 10.2. The number of H-pyrrole nitrogens is 1. The van der Waals surface area contributed by atoms with Crippen molar-refractivity contribution >= 4 is 5.69 Å². The van der Waals surface area contributed by atoms with Gasteiger partial charge in [-0.05, 0) is 31.2 Å². The van der Waals surface area contributed by atoms with E-state index in [9.17, 15) is 0 Å². The average molecular weight is 246 g/mol. The van der Waals surface area contributed by atoms with E-state index in [1.807, 2.05) is 43.5 Å². The highest BCUT2D eigenvalue weighted by Crippen LogP contribution is 2.30. The smallest absolute Gasteiger partial charge is 0.163 e. The zero-order chi connectivity index (χ0) is 12.8. The number of anilines is 1. The first-order chi connectivity index (χ1) is 8.83. The molecule has 1 heterocycles. The summed E-state index contributed by atoms with van der Waals surface area (Å²) in [5, 5.41) is 3.33. The summed E-state index contributed by atoms with van der Waals surface area (Å²) in [6, 6.07) is 9.86. The summed E-state index contributed by atoms with van der Waals surface area (Å²) in [7, 11) is 1.64. The fourth-order valence-electron chi connectivity index (χ4n) is 1.73. The van der Waals surface area contributed by atoms with E-state index >= 15 is 0 Å². The number of aromatic nitrogens is 1. The molecule has 1 aromatic heterocycles. The minimum absolute atomic E-state index is 0.621. The molecule has 2 N–H and O–H groups in total. The highest BCUT2D eigenvalue weighted by atomic mass is 16.5. The molecular weight excluding hydrogens is 228 g/mol. The first-order valence-corrected chi connectivity index (χ1v) is 6.00. The van der Waals surface area contributed by atoms with Crippen LogP contribution in [-0.4, -0.2) is 18.7 Å². The molecule has 0 saturated carbocycles. The van der Waals surface area contributed by atoms with Gasteiger partial charge in [-0.1, -0.05) is 0 Å². The number of rotatable bonds is 6. The van der Waals surface area contributed by atoms with E-state index in [0.29, 0.717) is 6.61 Å². The largest absolute Gasteiger partial charge is 0.493 e. The Bertz CT molecular complexity index is 481. The summed E-state index contributed by atoms with van der Waals surface area (Å²) < 4.78 is 10.8. The van der Waals surface area contributed by atoms with Crippen LogP contribution in [0, 0.1) is 0 Å². The summed E-state index contributed by atoms with van der Waals surface area (Å²) in [5.41, 5.74) is 2.15. The number of benzene rings is 1. The molecule has 0 bridgehead atoms. The summed E-state index contributed by atoms with van der Waals surface area (Å²) >= 11 is 0. The molecule has 4 nitrogen and oxygen atoms in total. The molecule has 18 heavy (non-hydrogen) atoms. The molecule has 4 heteroatoms. The number of hydrogen-bond donors (Lipinski definition) is 2. The van der Waals surface area contributed by atoms with Crippen LogP contribution >= 0.6 is 0 Å². The van der Waals surface area contributed by atoms with Crippen LogP contribution in [0.25, 0.3) is 0 Å². The molecule has 0 aliphatic rings. The third-order valence-electron chi connectivity index (χ3n) is 2.61. The van der Waals surface area contributed by atoms with Crippen LogP contribution in [-0.2, 0) is 6.54 Å². The standard InChI is InChI=1S/C14H18N2O2/c1-3-18-14-9-11(6-7-13(14)17-2)16-10-12-5-4-8-15-12/h4-9,15-16H,3,10H2,1-2H3. The lowest BCUT2D eigenvalue weighted by Crippen LogP contribution is -2.01. The molecule has 0 unspecified atom stereocenters. The summed E-state index contributed by atoms with van der Waals surface area (Å²) in [5.74, 6) is 1.51. The minimum Gasteiger partial charge on any atom is -0.493 e. The van der Waals surface area contributed by atoms with E-state index in [4.69, 9.17) is 9.47 Å². The molecule has 0 radical (unpaired) electrons. The molecule has 0 saturated heterocycles. The van der Waals surface area contributed by atoms with Crippen LogP contribution in [0.4, 0.5) is 5.69 Å². The van der Waals surface area contributed by atoms with E-state index in [1.165, 1.54) is 0 Å². The van der Waals surface area contributed by atoms with Gasteiger partial charge in [0, 0.05) is 23.6 Å². The SMILES string of the molecule is CCOc1cc(NCc2ccc[nH]2)ccc1OC. The van der Waals surface area contributed by atoms with Gasteiger partial charge in [-0.15, -0.1) is 0 Å². The molecule has 0 aliphatic carbocycles. The molecule has 96 valence electrons. The van der Waals surface area contributed by atoms with Gasteiger partial charge in [0.2, 0.25) is 0 Å². The zero-order valence-corrected chi connectivity index (χ0v) is 10.7. The first-order valence-electron chi connectivity index (χ1n) is 6.00. The molecule has 0 amide bonds. The van der Waals surface area contributed by atoms with E-state index in [-0.39, 0.29) is 0 Å². The number of aromatic amines is 1. The molecule has 0 fully saturated rings. The second-order valence-corrected chi connectivity index (χ2v) is 3.85. The van der Waals surface area contributed by atoms with Crippen LogP contribution < -0.4 is 14.8 Å². The Morgan fingerprint density at radius 3 is 2.78 bits per heavy atom. The monoisotopic (exact) mass is 246 g/mol. The highest BCUT2D eigenvalue weighted by molar-refractivity contribution is 5.54. The minimum atomic E-state index is 0.621. The summed E-state index contributed by atoms with van der Waals surface area (Å²) in [4.78, 5) is 3.15. The predicted molar refractivity (Wildman–Crippen MR) is 72.3 cm³/mol. The van der Waals surface area contributed by atoms with Gasteiger partial charge in [-0.3, -0.25) is 0 Å². The lowest BCUT2D eigenvalue weighted by Gasteiger charge is -2.12. The maximum atomic E-state index is 5.53. The quantitative estimate of drug-likeness (QED) is 0.823. The number of nitrogens with one attached hydrogen (secondary N) is 2. The van der Waals surface area contributed by atoms with Gasteiger partial charge >= 0.3 is 0 Å². The number of hydrogen-bond acceptors (Lipinski definition) is 3. The lowest BCUT2D eigenvalue weighted by molar-refractivity contribution is 0.311. The van der Waals surface area contributed by atoms with Crippen molar-refractivity contribution in [2.24, 2.45) is 0 Å². The highest BCUT2D eigenvalue weighted by Gasteiger charge is 2.05. The van der Waals surface area contributed by atoms with Crippen molar-refractivity contribution < 1.29 is 9.47 Å². The van der Waals surface area contributed by atoms with Crippen LogP contribution in [0.2, 0.25) is 0 Å². The van der Waals surface area contributed by atoms with Gasteiger partial charge in [0.15, 0.2) is 11.5 Å².